The van der Waals surface area contributed by atoms with Gasteiger partial charge in [0.05, 0.1) is 11.3 Å². The summed E-state index contributed by atoms with van der Waals surface area (Å²) in [5.41, 5.74) is 11.8. The van der Waals surface area contributed by atoms with Crippen molar-refractivity contribution in [1.29, 1.82) is 0 Å². The van der Waals surface area contributed by atoms with Crippen LogP contribution in [0.15, 0.2) is 72.8 Å². The number of halogens is 1. The number of fused-ring (bicyclic) bond motifs is 1. The highest BCUT2D eigenvalue weighted by molar-refractivity contribution is 7.19. The van der Waals surface area contributed by atoms with Crippen molar-refractivity contribution in [1.82, 2.24) is 4.90 Å². The van der Waals surface area contributed by atoms with E-state index < -0.39 is 0 Å². The molecule has 5 nitrogen and oxygen atoms in total. The van der Waals surface area contributed by atoms with E-state index in [0.29, 0.717) is 39.1 Å². The third-order valence-corrected chi connectivity index (χ3v) is 7.65. The average molecular weight is 502 g/mol. The molecule has 3 N–H and O–H groups in total. The second kappa shape index (κ2) is 9.56. The number of nitrogen functional groups attached to an aromatic ring is 1. The van der Waals surface area contributed by atoms with Crippen molar-refractivity contribution >= 4 is 51.0 Å². The van der Waals surface area contributed by atoms with Crippen LogP contribution in [0.2, 0.25) is 5.02 Å². The second-order valence-electron chi connectivity index (χ2n) is 8.57. The van der Waals surface area contributed by atoms with Gasteiger partial charge in [-0.15, -0.1) is 11.3 Å². The van der Waals surface area contributed by atoms with Gasteiger partial charge in [-0.1, -0.05) is 54.1 Å². The molecule has 0 fully saturated rings. The summed E-state index contributed by atoms with van der Waals surface area (Å²) < 4.78 is 0. The van der Waals surface area contributed by atoms with Gasteiger partial charge in [0.2, 0.25) is 5.78 Å². The number of para-hydroxylation sites is 1. The summed E-state index contributed by atoms with van der Waals surface area (Å²) in [6.07, 6.45) is 0.781. The molecule has 1 aliphatic heterocycles. The summed E-state index contributed by atoms with van der Waals surface area (Å²) >= 11 is 7.21. The first-order chi connectivity index (χ1) is 16.9. The van der Waals surface area contributed by atoms with E-state index in [9.17, 15) is 9.59 Å². The Morgan fingerprint density at radius 3 is 2.40 bits per heavy atom. The lowest BCUT2D eigenvalue weighted by Gasteiger charge is -2.29. The number of benzene rings is 3. The van der Waals surface area contributed by atoms with Gasteiger partial charge in [0.25, 0.3) is 5.91 Å². The van der Waals surface area contributed by atoms with E-state index >= 15 is 0 Å². The summed E-state index contributed by atoms with van der Waals surface area (Å²) in [4.78, 5) is 29.3. The molecule has 0 spiro atoms. The summed E-state index contributed by atoms with van der Waals surface area (Å²) in [5, 5.41) is 4.49. The molecular formula is C28H24ClN3O2S. The molecule has 2 heterocycles. The Bertz CT molecular complexity index is 1430. The van der Waals surface area contributed by atoms with Crippen LogP contribution in [0.4, 0.5) is 16.4 Å². The standard InChI is InChI=1S/C28H24ClN3O2S/c1-17-6-2-5-9-22(17)31-27-23(28(34)32-15-14-18-7-3-4-8-20(18)16-32)24(30)26(35-27)25(33)19-10-12-21(29)13-11-19/h2-13,31H,14-16,30H2,1H3. The van der Waals surface area contributed by atoms with Crippen LogP contribution >= 0.6 is 22.9 Å². The van der Waals surface area contributed by atoms with Gasteiger partial charge >= 0.3 is 0 Å². The number of nitrogens with one attached hydrogen (secondary N) is 1. The Morgan fingerprint density at radius 1 is 0.971 bits per heavy atom. The van der Waals surface area contributed by atoms with E-state index in [1.807, 2.05) is 49.4 Å². The van der Waals surface area contributed by atoms with Crippen molar-refractivity contribution in [3.63, 3.8) is 0 Å². The van der Waals surface area contributed by atoms with Crippen LogP contribution in [-0.2, 0) is 13.0 Å². The molecule has 176 valence electrons. The van der Waals surface area contributed by atoms with Gasteiger partial charge in [-0.3, -0.25) is 9.59 Å². The average Bonchev–Trinajstić information content (AvgIpc) is 3.20. The first kappa shape index (κ1) is 23.1. The van der Waals surface area contributed by atoms with Gasteiger partial charge in [0, 0.05) is 29.4 Å². The van der Waals surface area contributed by atoms with E-state index in [-0.39, 0.29) is 17.4 Å². The Hall–Kier alpha value is -3.61. The van der Waals surface area contributed by atoms with Crippen LogP contribution in [0, 0.1) is 6.92 Å². The number of anilines is 3. The monoisotopic (exact) mass is 501 g/mol. The quantitative estimate of drug-likeness (QED) is 0.307. The van der Waals surface area contributed by atoms with Gasteiger partial charge in [0.15, 0.2) is 0 Å². The third-order valence-electron chi connectivity index (χ3n) is 6.28. The van der Waals surface area contributed by atoms with Crippen LogP contribution in [-0.4, -0.2) is 23.1 Å². The number of amides is 1. The summed E-state index contributed by atoms with van der Waals surface area (Å²) in [5.74, 6) is -0.417. The molecule has 1 aromatic heterocycles. The van der Waals surface area contributed by atoms with Crippen LogP contribution in [0.1, 0.15) is 42.3 Å². The lowest BCUT2D eigenvalue weighted by Crippen LogP contribution is -2.36. The van der Waals surface area contributed by atoms with Crippen LogP contribution in [0.5, 0.6) is 0 Å². The van der Waals surface area contributed by atoms with Gasteiger partial charge in [-0.05, 0) is 60.4 Å². The number of aryl methyl sites for hydroxylation is 1. The Kier molecular flexibility index (Phi) is 6.32. The number of hydrogen-bond acceptors (Lipinski definition) is 5. The van der Waals surface area contributed by atoms with E-state index in [1.165, 1.54) is 16.9 Å². The maximum Gasteiger partial charge on any atom is 0.259 e. The molecule has 4 aromatic rings. The Morgan fingerprint density at radius 2 is 1.66 bits per heavy atom. The highest BCUT2D eigenvalue weighted by Gasteiger charge is 2.31. The van der Waals surface area contributed by atoms with Crippen molar-refractivity contribution in [2.75, 3.05) is 17.6 Å². The zero-order valence-electron chi connectivity index (χ0n) is 19.2. The fourth-order valence-corrected chi connectivity index (χ4v) is 5.52. The van der Waals surface area contributed by atoms with E-state index in [0.717, 1.165) is 23.2 Å². The van der Waals surface area contributed by atoms with Crippen molar-refractivity contribution in [2.45, 2.75) is 19.9 Å². The number of nitrogens with zero attached hydrogens (tertiary/aromatic N) is 1. The summed E-state index contributed by atoms with van der Waals surface area (Å²) in [6.45, 7) is 3.09. The number of rotatable bonds is 5. The molecule has 5 rings (SSSR count). The highest BCUT2D eigenvalue weighted by Crippen LogP contribution is 2.40. The number of carbonyl (C=O) groups is 2. The van der Waals surface area contributed by atoms with Crippen molar-refractivity contribution < 1.29 is 9.59 Å². The minimum atomic E-state index is -0.236. The molecule has 3 aromatic carbocycles. The van der Waals surface area contributed by atoms with E-state index in [2.05, 4.69) is 11.4 Å². The van der Waals surface area contributed by atoms with Gasteiger partial charge in [-0.2, -0.15) is 0 Å². The SMILES string of the molecule is Cc1ccccc1Nc1sc(C(=O)c2ccc(Cl)cc2)c(N)c1C(=O)N1CCc2ccccc2C1. The molecule has 0 unspecified atom stereocenters. The zero-order chi connectivity index (χ0) is 24.5. The van der Waals surface area contributed by atoms with Crippen molar-refractivity contribution in [3.05, 3.63) is 111 Å². The number of thiophene rings is 1. The van der Waals surface area contributed by atoms with E-state index in [4.69, 9.17) is 17.3 Å². The molecule has 1 amide bonds. The second-order valence-corrected chi connectivity index (χ2v) is 10.0. The van der Waals surface area contributed by atoms with E-state index in [1.54, 1.807) is 29.2 Å². The Balaban J connectivity index is 1.55. The number of nitrogens with two attached hydrogens (primary N) is 1. The fourth-order valence-electron chi connectivity index (χ4n) is 4.31. The molecule has 1 aliphatic rings. The molecule has 0 aliphatic carbocycles. The van der Waals surface area contributed by atoms with Crippen molar-refractivity contribution in [2.24, 2.45) is 0 Å². The summed E-state index contributed by atoms with van der Waals surface area (Å²) in [6, 6.07) is 22.6. The molecule has 35 heavy (non-hydrogen) atoms. The maximum atomic E-state index is 13.8. The normalized spacial score (nSPS) is 12.8. The van der Waals surface area contributed by atoms with Crippen LogP contribution in [0.25, 0.3) is 0 Å². The molecule has 0 radical (unpaired) electrons. The number of carbonyl (C=O) groups excluding carboxylic acids is 2. The molecule has 0 saturated carbocycles. The highest BCUT2D eigenvalue weighted by atomic mass is 35.5. The lowest BCUT2D eigenvalue weighted by atomic mass is 9.99. The van der Waals surface area contributed by atoms with Gasteiger partial charge in [0.1, 0.15) is 9.88 Å². The predicted octanol–water partition coefficient (Wildman–Crippen LogP) is 6.47. The minimum absolute atomic E-state index is 0.181. The molecule has 0 saturated heterocycles. The van der Waals surface area contributed by atoms with Gasteiger partial charge in [-0.25, -0.2) is 0 Å². The lowest BCUT2D eigenvalue weighted by molar-refractivity contribution is 0.0737. The van der Waals surface area contributed by atoms with Gasteiger partial charge < -0.3 is 16.0 Å². The largest absolute Gasteiger partial charge is 0.397 e. The number of hydrogen-bond donors (Lipinski definition) is 2. The first-order valence-electron chi connectivity index (χ1n) is 11.3. The smallest absolute Gasteiger partial charge is 0.259 e. The maximum absolute atomic E-state index is 13.8. The molecule has 0 bridgehead atoms. The van der Waals surface area contributed by atoms with Crippen LogP contribution < -0.4 is 11.1 Å². The zero-order valence-corrected chi connectivity index (χ0v) is 20.7. The third kappa shape index (κ3) is 4.55. The topological polar surface area (TPSA) is 75.4 Å². The molecule has 0 atom stereocenters. The number of ketones is 1. The molecule has 7 heteroatoms. The Labute approximate surface area is 213 Å². The first-order valence-corrected chi connectivity index (χ1v) is 12.5. The minimum Gasteiger partial charge on any atom is -0.397 e. The van der Waals surface area contributed by atoms with Crippen LogP contribution in [0.3, 0.4) is 0 Å². The fraction of sp³-hybridized carbons (Fsp3) is 0.143. The van der Waals surface area contributed by atoms with Crippen molar-refractivity contribution in [3.8, 4) is 0 Å². The molecular weight excluding hydrogens is 478 g/mol. The summed E-state index contributed by atoms with van der Waals surface area (Å²) in [7, 11) is 0. The predicted molar refractivity (Wildman–Crippen MR) is 143 cm³/mol.